The number of hydrogen-bond acceptors (Lipinski definition) is 6. The van der Waals surface area contributed by atoms with Crippen molar-refractivity contribution in [3.05, 3.63) is 59.9 Å². The largest absolute Gasteiger partial charge is 0.483 e. The number of nitrogens with zero attached hydrogens (tertiary/aromatic N) is 4. The summed E-state index contributed by atoms with van der Waals surface area (Å²) in [5.74, 6) is -0.0344. The van der Waals surface area contributed by atoms with Crippen molar-refractivity contribution in [1.82, 2.24) is 13.9 Å². The van der Waals surface area contributed by atoms with Crippen molar-refractivity contribution in [2.24, 2.45) is 0 Å². The lowest BCUT2D eigenvalue weighted by Gasteiger charge is -2.21. The smallest absolute Gasteiger partial charge is 0.290 e. The summed E-state index contributed by atoms with van der Waals surface area (Å²) >= 11 is 0. The molecule has 0 fully saturated rings. The fraction of sp³-hybridized carbons (Fsp3) is 0.292. The van der Waals surface area contributed by atoms with Crippen LogP contribution in [0.5, 0.6) is 0 Å². The van der Waals surface area contributed by atoms with Gasteiger partial charge in [0.05, 0.1) is 15.9 Å². The molecule has 178 valence electrons. The van der Waals surface area contributed by atoms with Gasteiger partial charge < -0.3 is 14.9 Å². The molecule has 0 unspecified atom stereocenters. The molecule has 2 aromatic heterocycles. The van der Waals surface area contributed by atoms with Crippen molar-refractivity contribution < 1.29 is 23.1 Å². The zero-order chi connectivity index (χ0) is 24.5. The van der Waals surface area contributed by atoms with Crippen LogP contribution in [0, 0.1) is 0 Å². The molecule has 0 spiro atoms. The van der Waals surface area contributed by atoms with Crippen LogP contribution in [0.2, 0.25) is 0 Å². The van der Waals surface area contributed by atoms with E-state index in [2.05, 4.69) is 23.0 Å². The Bertz CT molecular complexity index is 1390. The maximum Gasteiger partial charge on any atom is 0.290 e. The Morgan fingerprint density at radius 2 is 1.94 bits per heavy atom. The van der Waals surface area contributed by atoms with Gasteiger partial charge in [0.1, 0.15) is 0 Å². The molecule has 0 saturated carbocycles. The number of carboxylic acid groups (broad SMARTS) is 1. The standard InChI is InChI=1S/C23H24N4O3S.CH2O2/c1-16(28)26-13-9-18-14-19(5-6-21(18)26)31(29,30)27-15-20(17-7-11-25(2)12-8-17)23-22(27)4-3-10-24-23;2-1-3/h3-7,10,14-15H,8-9,11-13H2,1-2H3;1H,(H,2,3). The second-order valence-electron chi connectivity index (χ2n) is 8.27. The van der Waals surface area contributed by atoms with E-state index in [-0.39, 0.29) is 17.3 Å². The van der Waals surface area contributed by atoms with Gasteiger partial charge in [0.15, 0.2) is 0 Å². The third-order valence-electron chi connectivity index (χ3n) is 6.17. The topological polar surface area (TPSA) is 113 Å². The molecular formula is C24H26N4O5S. The van der Waals surface area contributed by atoms with Gasteiger partial charge in [-0.05, 0) is 61.4 Å². The van der Waals surface area contributed by atoms with Gasteiger partial charge in [-0.2, -0.15) is 0 Å². The first kappa shape index (κ1) is 23.7. The number of rotatable bonds is 3. The Balaban J connectivity index is 0.000000868. The molecule has 1 amide bonds. The van der Waals surface area contributed by atoms with Crippen molar-refractivity contribution in [3.8, 4) is 0 Å². The van der Waals surface area contributed by atoms with Gasteiger partial charge in [-0.25, -0.2) is 12.4 Å². The minimum Gasteiger partial charge on any atom is -0.483 e. The monoisotopic (exact) mass is 482 g/mol. The van der Waals surface area contributed by atoms with E-state index >= 15 is 0 Å². The van der Waals surface area contributed by atoms with Crippen molar-refractivity contribution >= 4 is 44.7 Å². The van der Waals surface area contributed by atoms with Gasteiger partial charge in [0.25, 0.3) is 16.5 Å². The molecule has 0 radical (unpaired) electrons. The first-order valence-corrected chi connectivity index (χ1v) is 12.3. The van der Waals surface area contributed by atoms with Crippen LogP contribution in [0.3, 0.4) is 0 Å². The quantitative estimate of drug-likeness (QED) is 0.571. The predicted molar refractivity (Wildman–Crippen MR) is 129 cm³/mol. The molecule has 0 aliphatic carbocycles. The van der Waals surface area contributed by atoms with Crippen LogP contribution in [0.4, 0.5) is 5.69 Å². The average Bonchev–Trinajstić information content (AvgIpc) is 3.42. The summed E-state index contributed by atoms with van der Waals surface area (Å²) in [6.45, 7) is 3.61. The highest BCUT2D eigenvalue weighted by Gasteiger charge is 2.27. The Morgan fingerprint density at radius 3 is 2.62 bits per heavy atom. The van der Waals surface area contributed by atoms with E-state index < -0.39 is 10.0 Å². The molecule has 0 atom stereocenters. The van der Waals surface area contributed by atoms with Crippen LogP contribution in [-0.2, 0) is 26.0 Å². The van der Waals surface area contributed by atoms with E-state index in [9.17, 15) is 13.2 Å². The lowest BCUT2D eigenvalue weighted by molar-refractivity contribution is -0.123. The van der Waals surface area contributed by atoms with Gasteiger partial charge in [-0.1, -0.05) is 6.08 Å². The summed E-state index contributed by atoms with van der Waals surface area (Å²) in [6, 6.07) is 8.58. The van der Waals surface area contributed by atoms with Crippen molar-refractivity contribution in [2.45, 2.75) is 24.7 Å². The number of fused-ring (bicyclic) bond motifs is 2. The van der Waals surface area contributed by atoms with Crippen LogP contribution in [0.25, 0.3) is 16.6 Å². The van der Waals surface area contributed by atoms with Crippen LogP contribution in [0.15, 0.2) is 53.7 Å². The number of aromatic nitrogens is 2. The number of hydrogen-bond donors (Lipinski definition) is 1. The van der Waals surface area contributed by atoms with E-state index in [4.69, 9.17) is 9.90 Å². The van der Waals surface area contributed by atoms with Gasteiger partial charge >= 0.3 is 0 Å². The van der Waals surface area contributed by atoms with Crippen LogP contribution >= 0.6 is 0 Å². The molecule has 4 heterocycles. The third-order valence-corrected chi connectivity index (χ3v) is 7.84. The highest BCUT2D eigenvalue weighted by Crippen LogP contribution is 2.34. The van der Waals surface area contributed by atoms with Crippen molar-refractivity contribution in [1.29, 1.82) is 0 Å². The number of likely N-dealkylation sites (N-methyl/N-ethyl adjacent to an activating group) is 1. The first-order valence-electron chi connectivity index (χ1n) is 10.9. The molecule has 2 aliphatic rings. The molecule has 10 heteroatoms. The Labute approximate surface area is 198 Å². The van der Waals surface area contributed by atoms with E-state index in [1.807, 2.05) is 0 Å². The number of amides is 1. The van der Waals surface area contributed by atoms with Crippen molar-refractivity contribution in [3.63, 3.8) is 0 Å². The summed E-state index contributed by atoms with van der Waals surface area (Å²) in [6.07, 6.45) is 7.06. The molecule has 5 rings (SSSR count). The zero-order valence-electron chi connectivity index (χ0n) is 19.0. The fourth-order valence-electron chi connectivity index (χ4n) is 4.46. The number of pyridine rings is 1. The van der Waals surface area contributed by atoms with Crippen molar-refractivity contribution in [2.75, 3.05) is 31.6 Å². The minimum atomic E-state index is -3.82. The first-order chi connectivity index (χ1) is 16.3. The zero-order valence-corrected chi connectivity index (χ0v) is 19.8. The lowest BCUT2D eigenvalue weighted by Crippen LogP contribution is -2.25. The molecule has 0 bridgehead atoms. The highest BCUT2D eigenvalue weighted by atomic mass is 32.2. The fourth-order valence-corrected chi connectivity index (χ4v) is 5.87. The molecule has 3 aromatic rings. The highest BCUT2D eigenvalue weighted by molar-refractivity contribution is 7.90. The molecule has 9 nitrogen and oxygen atoms in total. The lowest BCUT2D eigenvalue weighted by atomic mass is 10.0. The summed E-state index contributed by atoms with van der Waals surface area (Å²) in [5.41, 5.74) is 4.94. The molecule has 0 saturated heterocycles. The SMILES string of the molecule is CC(=O)N1CCc2cc(S(=O)(=O)n3cc(C4=CCN(C)CC4)c4ncccc43)ccc21.O=CO. The number of benzene rings is 1. The Kier molecular flexibility index (Phi) is 6.54. The summed E-state index contributed by atoms with van der Waals surface area (Å²) in [5, 5.41) is 6.89. The van der Waals surface area contributed by atoms with Crippen LogP contribution in [-0.4, -0.2) is 66.4 Å². The van der Waals surface area contributed by atoms with Crippen LogP contribution < -0.4 is 4.90 Å². The second kappa shape index (κ2) is 9.40. The van der Waals surface area contributed by atoms with E-state index in [0.717, 1.165) is 41.9 Å². The Morgan fingerprint density at radius 1 is 1.18 bits per heavy atom. The van der Waals surface area contributed by atoms with Crippen LogP contribution in [0.1, 0.15) is 24.5 Å². The average molecular weight is 483 g/mol. The third kappa shape index (κ3) is 4.22. The molecule has 1 N–H and O–H groups in total. The molecular weight excluding hydrogens is 456 g/mol. The second-order valence-corrected chi connectivity index (χ2v) is 10.1. The van der Waals surface area contributed by atoms with E-state index in [1.54, 1.807) is 47.6 Å². The predicted octanol–water partition coefficient (Wildman–Crippen LogP) is 2.60. The van der Waals surface area contributed by atoms with Gasteiger partial charge in [0, 0.05) is 50.2 Å². The van der Waals surface area contributed by atoms with Gasteiger partial charge in [-0.15, -0.1) is 0 Å². The summed E-state index contributed by atoms with van der Waals surface area (Å²) in [7, 11) is -1.75. The summed E-state index contributed by atoms with van der Waals surface area (Å²) in [4.78, 5) is 28.8. The summed E-state index contributed by atoms with van der Waals surface area (Å²) < 4.78 is 28.6. The number of anilines is 1. The van der Waals surface area contributed by atoms with E-state index in [1.165, 1.54) is 10.9 Å². The molecule has 2 aliphatic heterocycles. The number of carbonyl (C=O) groups excluding carboxylic acids is 1. The maximum absolute atomic E-state index is 13.6. The Hall–Kier alpha value is -3.50. The maximum atomic E-state index is 13.6. The van der Waals surface area contributed by atoms with Gasteiger partial charge in [-0.3, -0.25) is 14.6 Å². The minimum absolute atomic E-state index is 0.0344. The molecule has 34 heavy (non-hydrogen) atoms. The van der Waals surface area contributed by atoms with E-state index in [0.29, 0.717) is 24.0 Å². The normalized spacial score (nSPS) is 15.9. The van der Waals surface area contributed by atoms with Gasteiger partial charge in [0.2, 0.25) is 5.91 Å². The number of carbonyl (C=O) groups is 2. The molecule has 1 aromatic carbocycles.